The molecule has 0 aliphatic carbocycles. The van der Waals surface area contributed by atoms with Gasteiger partial charge < -0.3 is 0 Å². The second kappa shape index (κ2) is 7.70. The number of hydrogen-bond donors (Lipinski definition) is 0. The first kappa shape index (κ1) is 16.4. The molecule has 2 heteroatoms. The van der Waals surface area contributed by atoms with Crippen LogP contribution in [-0.2, 0) is 23.1 Å². The molecule has 0 heterocycles. The van der Waals surface area contributed by atoms with E-state index >= 15 is 0 Å². The van der Waals surface area contributed by atoms with Crippen LogP contribution in [0.2, 0.25) is 19.6 Å². The summed E-state index contributed by atoms with van der Waals surface area (Å²) in [4.78, 5) is 0. The van der Waals surface area contributed by atoms with Gasteiger partial charge in [0, 0.05) is 8.07 Å². The van der Waals surface area contributed by atoms with Crippen LogP contribution in [0.5, 0.6) is 0 Å². The largest absolute Gasteiger partial charge is 2.00 e. The number of rotatable bonds is 2. The van der Waals surface area contributed by atoms with Crippen molar-refractivity contribution in [3.63, 3.8) is 0 Å². The summed E-state index contributed by atoms with van der Waals surface area (Å²) in [7, 11) is -0.862. The van der Waals surface area contributed by atoms with Crippen molar-refractivity contribution >= 4 is 8.07 Å². The predicted octanol–water partition coefficient (Wildman–Crippen LogP) is 4.54. The van der Waals surface area contributed by atoms with Crippen LogP contribution in [0.15, 0.2) is 48.5 Å². The van der Waals surface area contributed by atoms with Gasteiger partial charge in [-0.2, -0.15) is 35.4 Å². The molecule has 2 rings (SSSR count). The van der Waals surface area contributed by atoms with E-state index in [0.29, 0.717) is 0 Å². The van der Waals surface area contributed by atoms with Crippen molar-refractivity contribution in [2.24, 2.45) is 0 Å². The average molecular weight is 286 g/mol. The normalized spacial score (nSPS) is 10.1. The van der Waals surface area contributed by atoms with Gasteiger partial charge in [0.15, 0.2) is 0 Å². The van der Waals surface area contributed by atoms with Gasteiger partial charge in [-0.3, -0.25) is 0 Å². The molecule has 0 N–H and O–H groups in total. The van der Waals surface area contributed by atoms with Crippen LogP contribution >= 0.6 is 0 Å². The summed E-state index contributed by atoms with van der Waals surface area (Å²) in [6.07, 6.45) is 0. The van der Waals surface area contributed by atoms with Gasteiger partial charge in [-0.1, -0.05) is 32.6 Å². The third-order valence-electron chi connectivity index (χ3n) is 2.30. The van der Waals surface area contributed by atoms with Crippen LogP contribution in [0, 0.1) is 6.92 Å². The van der Waals surface area contributed by atoms with Gasteiger partial charge in [-0.25, -0.2) is 24.3 Å². The first-order valence-electron chi connectivity index (χ1n) is 5.86. The fourth-order valence-corrected chi connectivity index (χ4v) is 3.07. The second-order valence-corrected chi connectivity index (χ2v) is 11.0. The van der Waals surface area contributed by atoms with Crippen molar-refractivity contribution in [3.8, 4) is 0 Å². The minimum atomic E-state index is -0.862. The summed E-state index contributed by atoms with van der Waals surface area (Å²) in [5.74, 6) is 0. The van der Waals surface area contributed by atoms with E-state index in [4.69, 9.17) is 0 Å². The molecular weight excluding hydrogens is 264 g/mol. The third kappa shape index (κ3) is 8.20. The molecule has 0 radical (unpaired) electrons. The minimum absolute atomic E-state index is 0. The Bertz CT molecular complexity index is 365. The molecule has 0 unspecified atom stereocenters. The number of hydrogen-bond acceptors (Lipinski definition) is 0. The zero-order chi connectivity index (χ0) is 12.0. The molecule has 2 aromatic rings. The van der Waals surface area contributed by atoms with Crippen LogP contribution in [0.1, 0.15) is 11.1 Å². The maximum absolute atomic E-state index is 2.40. The van der Waals surface area contributed by atoms with Gasteiger partial charge in [-0.05, 0) is 0 Å². The Morgan fingerprint density at radius 2 is 1.59 bits per heavy atom. The van der Waals surface area contributed by atoms with Crippen LogP contribution < -0.4 is 0 Å². The van der Waals surface area contributed by atoms with Crippen molar-refractivity contribution in [3.05, 3.63) is 59.7 Å². The molecule has 0 aromatic heterocycles. The van der Waals surface area contributed by atoms with E-state index < -0.39 is 8.07 Å². The van der Waals surface area contributed by atoms with Crippen molar-refractivity contribution < 1.29 is 17.1 Å². The van der Waals surface area contributed by atoms with Gasteiger partial charge in [-0.15, -0.1) is 0 Å². The van der Waals surface area contributed by atoms with Gasteiger partial charge in [0.05, 0.1) is 0 Å². The standard InChI is InChI=1S/C9H15Si.C6H7.Fe/c1-10(2,3)8-9-6-4-5-7-9;1-6-4-2-3-5-6;/h4-7H,8H2,1-3H3;2-5H,1H3;/q2*-1;+2. The van der Waals surface area contributed by atoms with E-state index in [1.807, 2.05) is 12.1 Å². The Labute approximate surface area is 117 Å². The van der Waals surface area contributed by atoms with Gasteiger partial charge in [0.1, 0.15) is 0 Å². The smallest absolute Gasteiger partial charge is 0.213 e. The Morgan fingerprint density at radius 1 is 1.00 bits per heavy atom. The quantitative estimate of drug-likeness (QED) is 0.562. The first-order chi connectivity index (χ1) is 7.47. The van der Waals surface area contributed by atoms with E-state index in [1.54, 1.807) is 0 Å². The fraction of sp³-hybridized carbons (Fsp3) is 0.333. The molecule has 0 aliphatic rings. The van der Waals surface area contributed by atoms with Crippen LogP contribution in [0.4, 0.5) is 0 Å². The molecule has 0 aliphatic heterocycles. The second-order valence-electron chi connectivity index (χ2n) is 5.49. The molecule has 0 amide bonds. The monoisotopic (exact) mass is 286 g/mol. The minimum Gasteiger partial charge on any atom is -0.213 e. The molecular formula is C15H22FeSi. The van der Waals surface area contributed by atoms with E-state index in [2.05, 4.69) is 63.0 Å². The van der Waals surface area contributed by atoms with Crippen LogP contribution in [0.25, 0.3) is 0 Å². The molecule has 0 spiro atoms. The van der Waals surface area contributed by atoms with E-state index in [1.165, 1.54) is 17.2 Å². The summed E-state index contributed by atoms with van der Waals surface area (Å²) >= 11 is 0. The van der Waals surface area contributed by atoms with E-state index in [9.17, 15) is 0 Å². The van der Waals surface area contributed by atoms with Gasteiger partial charge >= 0.3 is 17.1 Å². The zero-order valence-corrected chi connectivity index (χ0v) is 13.3. The molecule has 0 fully saturated rings. The van der Waals surface area contributed by atoms with Crippen molar-refractivity contribution in [1.82, 2.24) is 0 Å². The summed E-state index contributed by atoms with van der Waals surface area (Å²) in [6, 6.07) is 18.2. The third-order valence-corrected chi connectivity index (χ3v) is 3.76. The first-order valence-corrected chi connectivity index (χ1v) is 9.57. The van der Waals surface area contributed by atoms with Crippen molar-refractivity contribution in [2.45, 2.75) is 32.6 Å². The van der Waals surface area contributed by atoms with Gasteiger partial charge in [0.2, 0.25) is 0 Å². The summed E-state index contributed by atoms with van der Waals surface area (Å²) in [6.45, 7) is 9.29. The zero-order valence-electron chi connectivity index (χ0n) is 11.2. The predicted molar refractivity (Wildman–Crippen MR) is 75.9 cm³/mol. The molecule has 2 aromatic carbocycles. The summed E-state index contributed by atoms with van der Waals surface area (Å²) in [5.41, 5.74) is 2.86. The van der Waals surface area contributed by atoms with Crippen molar-refractivity contribution in [1.29, 1.82) is 0 Å². The molecule has 0 atom stereocenters. The van der Waals surface area contributed by atoms with Crippen LogP contribution in [-0.4, -0.2) is 8.07 Å². The SMILES string of the molecule is C[Si](C)(C)Cc1ccc[cH-]1.Cc1ccc[cH-]1.[Fe+2]. The van der Waals surface area contributed by atoms with E-state index in [0.717, 1.165) is 0 Å². The van der Waals surface area contributed by atoms with Crippen molar-refractivity contribution in [2.75, 3.05) is 0 Å². The van der Waals surface area contributed by atoms with Gasteiger partial charge in [0.25, 0.3) is 0 Å². The molecule has 0 bridgehead atoms. The van der Waals surface area contributed by atoms with Crippen LogP contribution in [0.3, 0.4) is 0 Å². The maximum atomic E-state index is 2.40. The molecule has 17 heavy (non-hydrogen) atoms. The molecule has 0 saturated carbocycles. The Kier molecular flexibility index (Phi) is 7.45. The number of aryl methyl sites for hydroxylation is 1. The average Bonchev–Trinajstić information content (AvgIpc) is 2.76. The fourth-order valence-electron chi connectivity index (χ4n) is 1.61. The Balaban J connectivity index is 0.000000316. The Morgan fingerprint density at radius 3 is 1.88 bits per heavy atom. The summed E-state index contributed by atoms with van der Waals surface area (Å²) in [5, 5.41) is 0. The topological polar surface area (TPSA) is 0 Å². The molecule has 94 valence electrons. The molecule has 0 nitrogen and oxygen atoms in total. The molecule has 0 saturated heterocycles. The van der Waals surface area contributed by atoms with E-state index in [-0.39, 0.29) is 17.1 Å². The summed E-state index contributed by atoms with van der Waals surface area (Å²) < 4.78 is 0. The Hall–Kier alpha value is -0.564. The maximum Gasteiger partial charge on any atom is 2.00 e.